The smallest absolute Gasteiger partial charge is 0.309 e. The van der Waals surface area contributed by atoms with Crippen LogP contribution in [0.1, 0.15) is 0 Å². The molecule has 1 aromatic carbocycles. The third-order valence-corrected chi connectivity index (χ3v) is 8.29. The van der Waals surface area contributed by atoms with E-state index < -0.39 is 10.0 Å². The van der Waals surface area contributed by atoms with Crippen LogP contribution in [0.25, 0.3) is 27.6 Å². The number of nitrogen functional groups attached to an aromatic ring is 1. The number of hydrogen-bond acceptors (Lipinski definition) is 11. The first-order valence-corrected chi connectivity index (χ1v) is 13.8. The summed E-state index contributed by atoms with van der Waals surface area (Å²) >= 11 is 1.07. The van der Waals surface area contributed by atoms with Crippen molar-refractivity contribution in [3.8, 4) is 11.6 Å². The third-order valence-electron chi connectivity index (χ3n) is 6.40. The van der Waals surface area contributed by atoms with E-state index in [0.717, 1.165) is 43.2 Å². The van der Waals surface area contributed by atoms with Gasteiger partial charge < -0.3 is 15.1 Å². The van der Waals surface area contributed by atoms with E-state index in [2.05, 4.69) is 24.9 Å². The van der Waals surface area contributed by atoms with Crippen LogP contribution in [-0.4, -0.2) is 70.2 Å². The van der Waals surface area contributed by atoms with Crippen molar-refractivity contribution in [2.24, 2.45) is 5.14 Å². The number of sulfonamides is 1. The van der Waals surface area contributed by atoms with E-state index in [1.54, 1.807) is 28.8 Å². The normalized spacial score (nSPS) is 15.2. The third kappa shape index (κ3) is 4.35. The number of furan rings is 1. The largest absolute Gasteiger partial charge is 0.461 e. The molecule has 4 aromatic heterocycles. The van der Waals surface area contributed by atoms with Crippen LogP contribution in [0.4, 0.5) is 11.6 Å². The molecule has 15 heteroatoms. The van der Waals surface area contributed by atoms with Gasteiger partial charge in [-0.05, 0) is 36.4 Å². The van der Waals surface area contributed by atoms with Crippen molar-refractivity contribution in [1.82, 2.24) is 29.0 Å². The van der Waals surface area contributed by atoms with Crippen molar-refractivity contribution in [2.75, 3.05) is 43.4 Å². The number of fused-ring (bicyclic) bond motifs is 3. The number of nitrogens with zero attached hydrogens (tertiary/aromatic N) is 7. The van der Waals surface area contributed by atoms with Crippen molar-refractivity contribution >= 4 is 49.0 Å². The van der Waals surface area contributed by atoms with Crippen LogP contribution in [0, 0.1) is 0 Å². The molecule has 37 heavy (non-hydrogen) atoms. The van der Waals surface area contributed by atoms with Gasteiger partial charge in [-0.2, -0.15) is 9.50 Å². The van der Waals surface area contributed by atoms with Gasteiger partial charge in [0.2, 0.25) is 21.8 Å². The first kappa shape index (κ1) is 23.6. The lowest BCUT2D eigenvalue weighted by atomic mass is 10.2. The van der Waals surface area contributed by atoms with Gasteiger partial charge in [0.15, 0.2) is 17.1 Å². The van der Waals surface area contributed by atoms with Crippen molar-refractivity contribution in [2.45, 2.75) is 11.4 Å². The van der Waals surface area contributed by atoms with Gasteiger partial charge in [-0.15, -0.1) is 5.10 Å². The number of nitrogens with two attached hydrogens (primary N) is 2. The zero-order valence-electron chi connectivity index (χ0n) is 19.5. The molecular weight excluding hydrogens is 518 g/mol. The van der Waals surface area contributed by atoms with E-state index >= 15 is 0 Å². The summed E-state index contributed by atoms with van der Waals surface area (Å²) < 4.78 is 32.0. The number of rotatable bonds is 6. The maximum atomic E-state index is 12.9. The Kier molecular flexibility index (Phi) is 5.71. The lowest BCUT2D eigenvalue weighted by Crippen LogP contribution is -2.47. The summed E-state index contributed by atoms with van der Waals surface area (Å²) in [5, 5.41) is 9.57. The topological polar surface area (TPSA) is 171 Å². The predicted octanol–water partition coefficient (Wildman–Crippen LogP) is 0.812. The molecule has 5 aromatic rings. The molecule has 4 N–H and O–H groups in total. The zero-order valence-corrected chi connectivity index (χ0v) is 21.2. The fourth-order valence-electron chi connectivity index (χ4n) is 4.45. The lowest BCUT2D eigenvalue weighted by Gasteiger charge is -2.36. The molecule has 0 radical (unpaired) electrons. The minimum Gasteiger partial charge on any atom is -0.461 e. The van der Waals surface area contributed by atoms with Gasteiger partial charge in [-0.25, -0.2) is 18.5 Å². The van der Waals surface area contributed by atoms with Gasteiger partial charge in [0.05, 0.1) is 11.2 Å². The molecule has 0 bridgehead atoms. The van der Waals surface area contributed by atoms with Crippen molar-refractivity contribution < 1.29 is 12.8 Å². The van der Waals surface area contributed by atoms with E-state index in [9.17, 15) is 13.2 Å². The number of aromatic nitrogens is 5. The molecule has 0 unspecified atom stereocenters. The molecule has 0 amide bonds. The first-order chi connectivity index (χ1) is 17.8. The van der Waals surface area contributed by atoms with Crippen molar-refractivity contribution in [3.63, 3.8) is 0 Å². The maximum Gasteiger partial charge on any atom is 0.309 e. The van der Waals surface area contributed by atoms with Gasteiger partial charge in [-0.3, -0.25) is 14.3 Å². The molecular formula is C22H23N9O4S2. The highest BCUT2D eigenvalue weighted by Gasteiger charge is 2.22. The van der Waals surface area contributed by atoms with E-state index in [0.29, 0.717) is 40.7 Å². The van der Waals surface area contributed by atoms with Crippen LogP contribution < -0.4 is 20.6 Å². The van der Waals surface area contributed by atoms with Crippen LogP contribution >= 0.6 is 11.3 Å². The number of primary sulfonamides is 1. The summed E-state index contributed by atoms with van der Waals surface area (Å²) in [4.78, 5) is 26.3. The maximum absolute atomic E-state index is 12.9. The Morgan fingerprint density at radius 2 is 1.76 bits per heavy atom. The Hall–Kier alpha value is -3.79. The molecule has 0 spiro atoms. The van der Waals surface area contributed by atoms with E-state index in [1.165, 1.54) is 22.9 Å². The zero-order chi connectivity index (χ0) is 25.7. The summed E-state index contributed by atoms with van der Waals surface area (Å²) in [6.07, 6.45) is 1.54. The van der Waals surface area contributed by atoms with Crippen LogP contribution in [0.5, 0.6) is 0 Å². The summed E-state index contributed by atoms with van der Waals surface area (Å²) in [6.45, 7) is 4.27. The van der Waals surface area contributed by atoms with E-state index in [-0.39, 0.29) is 15.7 Å². The SMILES string of the molecule is Nc1nc2c(sc(=O)n2CCN2CCN(c3ccc(S(N)(=O)=O)cc3)CC2)c2nc(-c3ccco3)nn12. The van der Waals surface area contributed by atoms with Gasteiger partial charge in [0, 0.05) is 45.0 Å². The molecule has 6 rings (SSSR count). The fourth-order valence-corrected chi connectivity index (χ4v) is 5.90. The Morgan fingerprint density at radius 1 is 1.00 bits per heavy atom. The Bertz CT molecular complexity index is 1750. The summed E-state index contributed by atoms with van der Waals surface area (Å²) in [5.74, 6) is 1.01. The number of anilines is 2. The van der Waals surface area contributed by atoms with E-state index in [1.807, 2.05) is 0 Å². The quantitative estimate of drug-likeness (QED) is 0.313. The monoisotopic (exact) mass is 541 g/mol. The van der Waals surface area contributed by atoms with Crippen molar-refractivity contribution in [1.29, 1.82) is 0 Å². The van der Waals surface area contributed by atoms with Gasteiger partial charge in [0.1, 0.15) is 4.70 Å². The second kappa shape index (κ2) is 8.95. The minimum absolute atomic E-state index is 0.0955. The molecule has 0 atom stereocenters. The molecule has 0 aliphatic carbocycles. The number of hydrogen-bond donors (Lipinski definition) is 2. The average Bonchev–Trinajstić information content (AvgIpc) is 3.62. The van der Waals surface area contributed by atoms with Gasteiger partial charge >= 0.3 is 4.87 Å². The van der Waals surface area contributed by atoms with Crippen molar-refractivity contribution in [3.05, 3.63) is 52.3 Å². The Morgan fingerprint density at radius 3 is 2.43 bits per heavy atom. The van der Waals surface area contributed by atoms with Crippen LogP contribution in [0.2, 0.25) is 0 Å². The average molecular weight is 542 g/mol. The number of benzene rings is 1. The first-order valence-electron chi connectivity index (χ1n) is 11.5. The lowest BCUT2D eigenvalue weighted by molar-refractivity contribution is 0.248. The van der Waals surface area contributed by atoms with Crippen LogP contribution in [-0.2, 0) is 16.6 Å². The molecule has 0 saturated carbocycles. The fraction of sp³-hybridized carbons (Fsp3) is 0.273. The summed E-state index contributed by atoms with van der Waals surface area (Å²) in [5.41, 5.74) is 8.07. The predicted molar refractivity (Wildman–Crippen MR) is 139 cm³/mol. The van der Waals surface area contributed by atoms with Gasteiger partial charge in [-0.1, -0.05) is 11.3 Å². The molecule has 1 aliphatic rings. The highest BCUT2D eigenvalue weighted by molar-refractivity contribution is 7.89. The molecule has 1 fully saturated rings. The van der Waals surface area contributed by atoms with Crippen LogP contribution in [0.15, 0.2) is 56.8 Å². The number of piperazine rings is 1. The summed E-state index contributed by atoms with van der Waals surface area (Å²) in [7, 11) is -3.71. The van der Waals surface area contributed by atoms with E-state index in [4.69, 9.17) is 15.3 Å². The molecule has 13 nitrogen and oxygen atoms in total. The van der Waals surface area contributed by atoms with Gasteiger partial charge in [0.25, 0.3) is 0 Å². The summed E-state index contributed by atoms with van der Waals surface area (Å²) in [6, 6.07) is 10.1. The Balaban J connectivity index is 1.17. The molecule has 1 saturated heterocycles. The standard InChI is InChI=1S/C22H23N9O4S2/c23-21-26-19-17(20-25-18(27-31(20)21)16-2-1-13-35-16)36-22(32)30(19)12-9-28-7-10-29(11-8-28)14-3-5-15(6-4-14)37(24,33)34/h1-6,13H,7-12H2,(H2,23,26)(H2,24,33,34). The highest BCUT2D eigenvalue weighted by atomic mass is 32.2. The minimum atomic E-state index is -3.71. The molecule has 5 heterocycles. The second-order valence-electron chi connectivity index (χ2n) is 8.66. The highest BCUT2D eigenvalue weighted by Crippen LogP contribution is 2.26. The molecule has 192 valence electrons. The Labute approximate surface area is 214 Å². The number of thiazole rings is 1. The second-order valence-corrected chi connectivity index (χ2v) is 11.2. The van der Waals surface area contributed by atoms with Crippen LogP contribution in [0.3, 0.4) is 0 Å². The molecule has 1 aliphatic heterocycles.